The standard InChI is InChI=1S/C15H15ClN2O2S2/c1-8-2-3-10-9(6-8)7-12(21-10)15(20)18-17-14(19)11-4-5-13(16)22-11/h4-5,7-8H,2-3,6H2,1H3,(H,17,19)(H,18,20)/t8-/m0/s1. The minimum Gasteiger partial charge on any atom is -0.266 e. The molecule has 0 aromatic carbocycles. The lowest BCUT2D eigenvalue weighted by atomic mass is 9.90. The van der Waals surface area contributed by atoms with Crippen molar-refractivity contribution in [2.75, 3.05) is 0 Å². The summed E-state index contributed by atoms with van der Waals surface area (Å²) in [6.07, 6.45) is 3.23. The van der Waals surface area contributed by atoms with Crippen molar-refractivity contribution in [1.82, 2.24) is 10.9 Å². The summed E-state index contributed by atoms with van der Waals surface area (Å²) in [6, 6.07) is 5.22. The first-order valence-electron chi connectivity index (χ1n) is 7.00. The summed E-state index contributed by atoms with van der Waals surface area (Å²) in [4.78, 5) is 26.4. The first-order valence-corrected chi connectivity index (χ1v) is 9.01. The Labute approximate surface area is 141 Å². The van der Waals surface area contributed by atoms with Gasteiger partial charge in [-0.3, -0.25) is 20.4 Å². The van der Waals surface area contributed by atoms with Crippen LogP contribution in [0.15, 0.2) is 18.2 Å². The van der Waals surface area contributed by atoms with Crippen molar-refractivity contribution in [1.29, 1.82) is 0 Å². The van der Waals surface area contributed by atoms with Crippen LogP contribution >= 0.6 is 34.3 Å². The van der Waals surface area contributed by atoms with E-state index in [1.807, 2.05) is 6.07 Å². The second-order valence-corrected chi connectivity index (χ2v) is 8.27. The third-order valence-electron chi connectivity index (χ3n) is 3.64. The van der Waals surface area contributed by atoms with E-state index in [4.69, 9.17) is 11.6 Å². The fourth-order valence-corrected chi connectivity index (χ4v) is 4.53. The predicted molar refractivity (Wildman–Crippen MR) is 89.8 cm³/mol. The van der Waals surface area contributed by atoms with Gasteiger partial charge in [0.05, 0.1) is 14.1 Å². The molecular weight excluding hydrogens is 340 g/mol. The summed E-state index contributed by atoms with van der Waals surface area (Å²) in [6.45, 7) is 2.23. The third kappa shape index (κ3) is 3.34. The molecule has 0 bridgehead atoms. The normalized spacial score (nSPS) is 16.9. The molecular formula is C15H15ClN2O2S2. The fourth-order valence-electron chi connectivity index (χ4n) is 2.49. The Morgan fingerprint density at radius 3 is 2.59 bits per heavy atom. The molecule has 1 aliphatic rings. The van der Waals surface area contributed by atoms with E-state index in [0.29, 0.717) is 20.0 Å². The van der Waals surface area contributed by atoms with Crippen LogP contribution in [-0.4, -0.2) is 11.8 Å². The largest absolute Gasteiger partial charge is 0.279 e. The zero-order valence-electron chi connectivity index (χ0n) is 11.9. The molecule has 0 aliphatic heterocycles. The number of halogens is 1. The van der Waals surface area contributed by atoms with Crippen LogP contribution in [0, 0.1) is 5.92 Å². The van der Waals surface area contributed by atoms with Crippen LogP contribution in [0.3, 0.4) is 0 Å². The van der Waals surface area contributed by atoms with Crippen LogP contribution < -0.4 is 10.9 Å². The Kier molecular flexibility index (Phi) is 4.52. The summed E-state index contributed by atoms with van der Waals surface area (Å²) in [5.41, 5.74) is 6.15. The summed E-state index contributed by atoms with van der Waals surface area (Å²) < 4.78 is 0.538. The average Bonchev–Trinajstić information content (AvgIpc) is 3.10. The number of hydrogen-bond donors (Lipinski definition) is 2. The number of hydrogen-bond acceptors (Lipinski definition) is 4. The Bertz CT molecular complexity index is 723. The quantitative estimate of drug-likeness (QED) is 0.808. The van der Waals surface area contributed by atoms with Crippen molar-refractivity contribution >= 4 is 46.1 Å². The number of aryl methyl sites for hydroxylation is 1. The number of rotatable bonds is 2. The molecule has 4 nitrogen and oxygen atoms in total. The van der Waals surface area contributed by atoms with Gasteiger partial charge in [-0.15, -0.1) is 22.7 Å². The van der Waals surface area contributed by atoms with Crippen molar-refractivity contribution in [2.24, 2.45) is 5.92 Å². The second kappa shape index (κ2) is 6.40. The molecule has 2 N–H and O–H groups in total. The highest BCUT2D eigenvalue weighted by Gasteiger charge is 2.21. The lowest BCUT2D eigenvalue weighted by molar-refractivity contribution is 0.0851. The fraction of sp³-hybridized carbons (Fsp3) is 0.333. The van der Waals surface area contributed by atoms with Crippen LogP contribution in [0.2, 0.25) is 4.34 Å². The van der Waals surface area contributed by atoms with E-state index >= 15 is 0 Å². The lowest BCUT2D eigenvalue weighted by Gasteiger charge is -2.16. The Morgan fingerprint density at radius 2 is 1.91 bits per heavy atom. The zero-order chi connectivity index (χ0) is 15.7. The van der Waals surface area contributed by atoms with E-state index in [2.05, 4.69) is 17.8 Å². The number of carbonyl (C=O) groups excluding carboxylic acids is 2. The molecule has 0 spiro atoms. The van der Waals surface area contributed by atoms with E-state index in [0.717, 1.165) is 12.8 Å². The monoisotopic (exact) mass is 354 g/mol. The molecule has 2 aromatic heterocycles. The number of thiophene rings is 2. The van der Waals surface area contributed by atoms with Crippen LogP contribution in [0.1, 0.15) is 43.1 Å². The van der Waals surface area contributed by atoms with Crippen LogP contribution in [0.25, 0.3) is 0 Å². The van der Waals surface area contributed by atoms with Crippen molar-refractivity contribution in [3.05, 3.63) is 42.7 Å². The highest BCUT2D eigenvalue weighted by Crippen LogP contribution is 2.32. The molecule has 1 atom stereocenters. The van der Waals surface area contributed by atoms with E-state index in [1.165, 1.54) is 39.5 Å². The second-order valence-electron chi connectivity index (χ2n) is 5.42. The number of nitrogens with one attached hydrogen (secondary N) is 2. The van der Waals surface area contributed by atoms with Crippen molar-refractivity contribution < 1.29 is 9.59 Å². The van der Waals surface area contributed by atoms with Crippen LogP contribution in [-0.2, 0) is 12.8 Å². The van der Waals surface area contributed by atoms with E-state index in [-0.39, 0.29) is 11.8 Å². The van der Waals surface area contributed by atoms with Gasteiger partial charge in [-0.05, 0) is 48.9 Å². The number of amides is 2. The van der Waals surface area contributed by atoms with Crippen LogP contribution in [0.5, 0.6) is 0 Å². The molecule has 7 heteroatoms. The molecule has 0 saturated carbocycles. The molecule has 0 unspecified atom stereocenters. The van der Waals surface area contributed by atoms with Gasteiger partial charge in [-0.2, -0.15) is 0 Å². The van der Waals surface area contributed by atoms with Gasteiger partial charge in [0.1, 0.15) is 0 Å². The molecule has 22 heavy (non-hydrogen) atoms. The average molecular weight is 355 g/mol. The lowest BCUT2D eigenvalue weighted by Crippen LogP contribution is -2.41. The zero-order valence-corrected chi connectivity index (χ0v) is 14.3. The highest BCUT2D eigenvalue weighted by atomic mass is 35.5. The molecule has 1 aliphatic carbocycles. The van der Waals surface area contributed by atoms with Gasteiger partial charge in [-0.1, -0.05) is 18.5 Å². The molecule has 2 amide bonds. The molecule has 0 fully saturated rings. The minimum atomic E-state index is -0.361. The molecule has 0 saturated heterocycles. The van der Waals surface area contributed by atoms with Gasteiger partial charge >= 0.3 is 0 Å². The maximum atomic E-state index is 12.1. The summed E-state index contributed by atoms with van der Waals surface area (Å²) >= 11 is 8.47. The molecule has 116 valence electrons. The molecule has 2 heterocycles. The smallest absolute Gasteiger partial charge is 0.266 e. The van der Waals surface area contributed by atoms with Crippen molar-refractivity contribution in [3.8, 4) is 0 Å². The number of fused-ring (bicyclic) bond motifs is 1. The Morgan fingerprint density at radius 1 is 1.18 bits per heavy atom. The van der Waals surface area contributed by atoms with Gasteiger partial charge in [-0.25, -0.2) is 0 Å². The topological polar surface area (TPSA) is 58.2 Å². The van der Waals surface area contributed by atoms with E-state index in [1.54, 1.807) is 12.1 Å². The van der Waals surface area contributed by atoms with Gasteiger partial charge < -0.3 is 0 Å². The highest BCUT2D eigenvalue weighted by molar-refractivity contribution is 7.18. The number of carbonyl (C=O) groups is 2. The van der Waals surface area contributed by atoms with Crippen molar-refractivity contribution in [3.63, 3.8) is 0 Å². The van der Waals surface area contributed by atoms with Crippen LogP contribution in [0.4, 0.5) is 0 Å². The van der Waals surface area contributed by atoms with E-state index in [9.17, 15) is 9.59 Å². The predicted octanol–water partition coefficient (Wildman–Crippen LogP) is 3.66. The summed E-state index contributed by atoms with van der Waals surface area (Å²) in [7, 11) is 0. The van der Waals surface area contributed by atoms with Crippen molar-refractivity contribution in [2.45, 2.75) is 26.2 Å². The minimum absolute atomic E-state index is 0.275. The molecule has 3 rings (SSSR count). The maximum absolute atomic E-state index is 12.1. The summed E-state index contributed by atoms with van der Waals surface area (Å²) in [5, 5.41) is 0. The Hall–Kier alpha value is -1.37. The SMILES string of the molecule is C[C@H]1CCc2sc(C(=O)NNC(=O)c3ccc(Cl)s3)cc2C1. The molecule has 2 aromatic rings. The van der Waals surface area contributed by atoms with Gasteiger partial charge in [0, 0.05) is 4.88 Å². The van der Waals surface area contributed by atoms with Gasteiger partial charge in [0.25, 0.3) is 11.8 Å². The first kappa shape index (κ1) is 15.5. The maximum Gasteiger partial charge on any atom is 0.279 e. The Balaban J connectivity index is 1.62. The first-order chi connectivity index (χ1) is 10.5. The number of hydrazine groups is 1. The third-order valence-corrected chi connectivity index (χ3v) is 6.11. The van der Waals surface area contributed by atoms with Gasteiger partial charge in [0.15, 0.2) is 0 Å². The summed E-state index contributed by atoms with van der Waals surface area (Å²) in [5.74, 6) is 0.0320. The van der Waals surface area contributed by atoms with Gasteiger partial charge in [0.2, 0.25) is 0 Å². The van der Waals surface area contributed by atoms with E-state index < -0.39 is 0 Å². The molecule has 0 radical (unpaired) electrons.